The Hall–Kier alpha value is -0.450. The van der Waals surface area contributed by atoms with Crippen LogP contribution in [0.3, 0.4) is 0 Å². The molecule has 2 rings (SSSR count). The highest BCUT2D eigenvalue weighted by Crippen LogP contribution is 2.20. The Bertz CT molecular complexity index is 345. The third-order valence-corrected chi connectivity index (χ3v) is 4.98. The first-order valence-electron chi connectivity index (χ1n) is 7.21. The maximum Gasteiger partial charge on any atom is 0.109 e. The van der Waals surface area contributed by atoms with E-state index in [9.17, 15) is 0 Å². The van der Waals surface area contributed by atoms with Crippen LogP contribution in [0, 0.1) is 0 Å². The fourth-order valence-corrected chi connectivity index (χ4v) is 3.35. The zero-order valence-electron chi connectivity index (χ0n) is 11.5. The van der Waals surface area contributed by atoms with Gasteiger partial charge in [-0.3, -0.25) is 0 Å². The summed E-state index contributed by atoms with van der Waals surface area (Å²) in [7, 11) is 0. The minimum atomic E-state index is 0.376. The van der Waals surface area contributed by atoms with Crippen molar-refractivity contribution in [2.24, 2.45) is 0 Å². The molecule has 1 aliphatic rings. The van der Waals surface area contributed by atoms with Crippen LogP contribution in [0.25, 0.3) is 0 Å². The maximum atomic E-state index is 4.48. The molecule has 1 aromatic rings. The van der Waals surface area contributed by atoms with Gasteiger partial charge in [0.2, 0.25) is 0 Å². The fourth-order valence-electron chi connectivity index (χ4n) is 2.47. The molecular formula is C14H25N3S. The summed E-state index contributed by atoms with van der Waals surface area (Å²) in [4.78, 5) is 5.86. The molecule has 1 atom stereocenters. The highest BCUT2D eigenvalue weighted by Gasteiger charge is 2.14. The van der Waals surface area contributed by atoms with Crippen molar-refractivity contribution < 1.29 is 0 Å². The van der Waals surface area contributed by atoms with E-state index in [1.807, 2.05) is 17.5 Å². The lowest BCUT2D eigenvalue weighted by molar-refractivity contribution is 0.487. The second kappa shape index (κ2) is 7.22. The summed E-state index contributed by atoms with van der Waals surface area (Å²) < 4.78 is 0. The van der Waals surface area contributed by atoms with Gasteiger partial charge >= 0.3 is 0 Å². The third-order valence-electron chi connectivity index (χ3n) is 3.65. The number of thiazole rings is 1. The van der Waals surface area contributed by atoms with Gasteiger partial charge in [0.25, 0.3) is 0 Å². The number of aryl methyl sites for hydroxylation is 1. The molecule has 102 valence electrons. The second-order valence-electron chi connectivity index (χ2n) is 5.13. The van der Waals surface area contributed by atoms with Gasteiger partial charge in [-0.05, 0) is 26.2 Å². The van der Waals surface area contributed by atoms with Gasteiger partial charge in [-0.2, -0.15) is 0 Å². The van der Waals surface area contributed by atoms with E-state index in [0.29, 0.717) is 6.04 Å². The molecule has 0 aliphatic heterocycles. The van der Waals surface area contributed by atoms with Crippen molar-refractivity contribution in [1.82, 2.24) is 15.6 Å². The highest BCUT2D eigenvalue weighted by atomic mass is 32.1. The van der Waals surface area contributed by atoms with Crippen LogP contribution in [0.4, 0.5) is 0 Å². The van der Waals surface area contributed by atoms with Gasteiger partial charge in [0, 0.05) is 30.2 Å². The van der Waals surface area contributed by atoms with Crippen LogP contribution in [0.1, 0.15) is 55.5 Å². The molecule has 1 aromatic heterocycles. The van der Waals surface area contributed by atoms with Crippen molar-refractivity contribution in [3.63, 3.8) is 0 Å². The van der Waals surface area contributed by atoms with Crippen LogP contribution in [0.2, 0.25) is 0 Å². The smallest absolute Gasteiger partial charge is 0.109 e. The molecule has 1 aliphatic carbocycles. The Balaban J connectivity index is 1.63. The van der Waals surface area contributed by atoms with Crippen LogP contribution in [-0.2, 0) is 6.42 Å². The number of nitrogens with zero attached hydrogens (tertiary/aromatic N) is 1. The lowest BCUT2D eigenvalue weighted by Crippen LogP contribution is -2.34. The van der Waals surface area contributed by atoms with Gasteiger partial charge in [0.1, 0.15) is 5.01 Å². The summed E-state index contributed by atoms with van der Waals surface area (Å²) in [5, 5.41) is 8.39. The molecular weight excluding hydrogens is 242 g/mol. The van der Waals surface area contributed by atoms with Gasteiger partial charge in [-0.15, -0.1) is 11.3 Å². The Morgan fingerprint density at radius 1 is 1.39 bits per heavy atom. The Labute approximate surface area is 114 Å². The first-order valence-corrected chi connectivity index (χ1v) is 8.02. The summed E-state index contributed by atoms with van der Waals surface area (Å²) >= 11 is 1.83. The van der Waals surface area contributed by atoms with Gasteiger partial charge in [-0.25, -0.2) is 4.98 Å². The number of rotatable bonds is 7. The first kappa shape index (κ1) is 14.0. The number of hydrogen-bond donors (Lipinski definition) is 2. The molecule has 2 N–H and O–H groups in total. The maximum absolute atomic E-state index is 4.48. The SMILES string of the molecule is CCc1cnc(C(C)NCCNC2CCCC2)s1. The number of nitrogens with one attached hydrogen (secondary N) is 2. The average molecular weight is 267 g/mol. The number of aromatic nitrogens is 1. The monoisotopic (exact) mass is 267 g/mol. The average Bonchev–Trinajstić information content (AvgIpc) is 3.05. The van der Waals surface area contributed by atoms with E-state index in [0.717, 1.165) is 25.6 Å². The van der Waals surface area contributed by atoms with Crippen molar-refractivity contribution in [3.8, 4) is 0 Å². The molecule has 0 bridgehead atoms. The van der Waals surface area contributed by atoms with Gasteiger partial charge in [-0.1, -0.05) is 19.8 Å². The summed E-state index contributed by atoms with van der Waals surface area (Å²) in [6.45, 7) is 6.48. The van der Waals surface area contributed by atoms with E-state index >= 15 is 0 Å². The summed E-state index contributed by atoms with van der Waals surface area (Å²) in [6.07, 6.45) is 8.63. The van der Waals surface area contributed by atoms with Crippen LogP contribution in [0.15, 0.2) is 6.20 Å². The molecule has 1 fully saturated rings. The predicted octanol–water partition coefficient (Wildman–Crippen LogP) is 2.89. The zero-order chi connectivity index (χ0) is 12.8. The fraction of sp³-hybridized carbons (Fsp3) is 0.786. The molecule has 0 spiro atoms. The van der Waals surface area contributed by atoms with E-state index in [4.69, 9.17) is 0 Å². The molecule has 4 heteroatoms. The summed E-state index contributed by atoms with van der Waals surface area (Å²) in [5.74, 6) is 0. The standard InChI is InChI=1S/C14H25N3S/c1-3-13-10-17-14(18-13)11(2)15-8-9-16-12-6-4-5-7-12/h10-12,15-16H,3-9H2,1-2H3. The number of hydrogen-bond acceptors (Lipinski definition) is 4. The Morgan fingerprint density at radius 2 is 2.17 bits per heavy atom. The van der Waals surface area contributed by atoms with E-state index in [1.54, 1.807) is 0 Å². The third kappa shape index (κ3) is 4.04. The van der Waals surface area contributed by atoms with Crippen molar-refractivity contribution in [1.29, 1.82) is 0 Å². The van der Waals surface area contributed by atoms with E-state index in [1.165, 1.54) is 35.6 Å². The van der Waals surface area contributed by atoms with Crippen molar-refractivity contribution in [2.45, 2.75) is 58.0 Å². The van der Waals surface area contributed by atoms with Crippen molar-refractivity contribution >= 4 is 11.3 Å². The topological polar surface area (TPSA) is 37.0 Å². The highest BCUT2D eigenvalue weighted by molar-refractivity contribution is 7.11. The van der Waals surface area contributed by atoms with Gasteiger partial charge in [0.15, 0.2) is 0 Å². The van der Waals surface area contributed by atoms with E-state index in [2.05, 4.69) is 29.5 Å². The molecule has 0 amide bonds. The molecule has 1 unspecified atom stereocenters. The molecule has 3 nitrogen and oxygen atoms in total. The minimum Gasteiger partial charge on any atom is -0.313 e. The second-order valence-corrected chi connectivity index (χ2v) is 6.28. The van der Waals surface area contributed by atoms with Crippen molar-refractivity contribution in [3.05, 3.63) is 16.1 Å². The van der Waals surface area contributed by atoms with Crippen molar-refractivity contribution in [2.75, 3.05) is 13.1 Å². The zero-order valence-corrected chi connectivity index (χ0v) is 12.4. The van der Waals surface area contributed by atoms with Crippen LogP contribution < -0.4 is 10.6 Å². The Morgan fingerprint density at radius 3 is 2.83 bits per heavy atom. The minimum absolute atomic E-state index is 0.376. The van der Waals surface area contributed by atoms with E-state index in [-0.39, 0.29) is 0 Å². The lowest BCUT2D eigenvalue weighted by Gasteiger charge is -2.14. The van der Waals surface area contributed by atoms with Crippen LogP contribution in [0.5, 0.6) is 0 Å². The molecule has 1 heterocycles. The normalized spacial score (nSPS) is 18.3. The molecule has 0 aromatic carbocycles. The molecule has 0 saturated heterocycles. The van der Waals surface area contributed by atoms with Gasteiger partial charge in [0.05, 0.1) is 6.04 Å². The van der Waals surface area contributed by atoms with Crippen LogP contribution >= 0.6 is 11.3 Å². The lowest BCUT2D eigenvalue weighted by atomic mass is 10.2. The van der Waals surface area contributed by atoms with Crippen LogP contribution in [-0.4, -0.2) is 24.1 Å². The Kier molecular flexibility index (Phi) is 5.60. The first-order chi connectivity index (χ1) is 8.79. The molecule has 18 heavy (non-hydrogen) atoms. The summed E-state index contributed by atoms with van der Waals surface area (Å²) in [6, 6.07) is 1.15. The quantitative estimate of drug-likeness (QED) is 0.746. The molecule has 1 saturated carbocycles. The summed E-state index contributed by atoms with van der Waals surface area (Å²) in [5.41, 5.74) is 0. The van der Waals surface area contributed by atoms with E-state index < -0.39 is 0 Å². The van der Waals surface area contributed by atoms with Gasteiger partial charge < -0.3 is 10.6 Å². The largest absolute Gasteiger partial charge is 0.313 e. The molecule has 0 radical (unpaired) electrons. The predicted molar refractivity (Wildman–Crippen MR) is 78.2 cm³/mol.